The van der Waals surface area contributed by atoms with Gasteiger partial charge in [0.25, 0.3) is 0 Å². The van der Waals surface area contributed by atoms with Crippen molar-refractivity contribution in [1.29, 1.82) is 0 Å². The number of aromatic nitrogens is 2. The lowest BCUT2D eigenvalue weighted by Crippen LogP contribution is -2.25. The van der Waals surface area contributed by atoms with Gasteiger partial charge in [-0.2, -0.15) is 5.10 Å². The molecule has 35 heavy (non-hydrogen) atoms. The molecule has 0 atom stereocenters. The Labute approximate surface area is 209 Å². The average molecular weight is 487 g/mol. The van der Waals surface area contributed by atoms with Gasteiger partial charge < -0.3 is 10.6 Å². The summed E-state index contributed by atoms with van der Waals surface area (Å²) in [6.45, 7) is 0.581. The van der Waals surface area contributed by atoms with Crippen LogP contribution >= 0.6 is 11.6 Å². The normalized spacial score (nSPS) is 10.7. The maximum Gasteiger partial charge on any atom is 0.225 e. The van der Waals surface area contributed by atoms with E-state index in [9.17, 15) is 9.59 Å². The molecule has 0 unspecified atom stereocenters. The van der Waals surface area contributed by atoms with E-state index >= 15 is 0 Å². The van der Waals surface area contributed by atoms with Crippen LogP contribution in [0.5, 0.6) is 0 Å². The topological polar surface area (TPSA) is 76.0 Å². The molecular formula is C28H27ClN4O2. The van der Waals surface area contributed by atoms with Crippen molar-refractivity contribution in [3.8, 4) is 16.9 Å². The molecule has 0 saturated carbocycles. The van der Waals surface area contributed by atoms with E-state index in [0.717, 1.165) is 23.4 Å². The van der Waals surface area contributed by atoms with E-state index in [-0.39, 0.29) is 18.2 Å². The van der Waals surface area contributed by atoms with Gasteiger partial charge in [0.15, 0.2) is 0 Å². The summed E-state index contributed by atoms with van der Waals surface area (Å²) in [4.78, 5) is 24.8. The van der Waals surface area contributed by atoms with E-state index in [4.69, 9.17) is 16.7 Å². The number of benzene rings is 3. The summed E-state index contributed by atoms with van der Waals surface area (Å²) >= 11 is 6.04. The first-order valence-corrected chi connectivity index (χ1v) is 12.0. The van der Waals surface area contributed by atoms with Crippen LogP contribution in [0.2, 0.25) is 5.02 Å². The molecular weight excluding hydrogens is 460 g/mol. The van der Waals surface area contributed by atoms with Crippen molar-refractivity contribution < 1.29 is 9.59 Å². The zero-order valence-electron chi connectivity index (χ0n) is 19.3. The number of rotatable bonds is 10. The molecule has 0 fully saturated rings. The zero-order chi connectivity index (χ0) is 24.5. The fourth-order valence-corrected chi connectivity index (χ4v) is 3.82. The largest absolute Gasteiger partial charge is 0.356 e. The molecule has 178 valence electrons. The van der Waals surface area contributed by atoms with Gasteiger partial charge in [-0.1, -0.05) is 72.3 Å². The Balaban J connectivity index is 1.33. The standard InChI is InChI=1S/C28H27ClN4O2/c29-23-14-16-24(17-15-23)33-26(20-25(32-33)22-10-5-2-6-11-22)31-28(35)13-7-12-27(34)30-19-18-21-8-3-1-4-9-21/h1-6,8-11,14-17,20H,7,12-13,18-19H2,(H,30,34)(H,31,35). The predicted octanol–water partition coefficient (Wildman–Crippen LogP) is 5.66. The maximum atomic E-state index is 12.7. The van der Waals surface area contributed by atoms with Crippen molar-refractivity contribution in [1.82, 2.24) is 15.1 Å². The van der Waals surface area contributed by atoms with Crippen molar-refractivity contribution in [2.24, 2.45) is 0 Å². The van der Waals surface area contributed by atoms with Crippen LogP contribution in [0, 0.1) is 0 Å². The third-order valence-electron chi connectivity index (χ3n) is 5.50. The number of amides is 2. The number of carbonyl (C=O) groups excluding carboxylic acids is 2. The summed E-state index contributed by atoms with van der Waals surface area (Å²) in [5.74, 6) is 0.339. The molecule has 1 aromatic heterocycles. The Bertz CT molecular complexity index is 1260. The van der Waals surface area contributed by atoms with E-state index in [2.05, 4.69) is 10.6 Å². The molecule has 4 aromatic rings. The van der Waals surface area contributed by atoms with Gasteiger partial charge in [-0.25, -0.2) is 4.68 Å². The van der Waals surface area contributed by atoms with Crippen molar-refractivity contribution in [3.63, 3.8) is 0 Å². The van der Waals surface area contributed by atoms with E-state index in [0.29, 0.717) is 30.2 Å². The minimum absolute atomic E-state index is 0.0497. The van der Waals surface area contributed by atoms with Gasteiger partial charge >= 0.3 is 0 Å². The van der Waals surface area contributed by atoms with E-state index in [1.165, 1.54) is 5.56 Å². The van der Waals surface area contributed by atoms with E-state index < -0.39 is 0 Å². The van der Waals surface area contributed by atoms with Crippen LogP contribution < -0.4 is 10.6 Å². The van der Waals surface area contributed by atoms with Crippen molar-refractivity contribution in [3.05, 3.63) is 102 Å². The predicted molar refractivity (Wildman–Crippen MR) is 140 cm³/mol. The highest BCUT2D eigenvalue weighted by Gasteiger charge is 2.14. The smallest absolute Gasteiger partial charge is 0.225 e. The first kappa shape index (κ1) is 24.2. The van der Waals surface area contributed by atoms with Crippen molar-refractivity contribution >= 4 is 29.2 Å². The lowest BCUT2D eigenvalue weighted by Gasteiger charge is -2.09. The van der Waals surface area contributed by atoms with Crippen LogP contribution in [0.1, 0.15) is 24.8 Å². The minimum Gasteiger partial charge on any atom is -0.356 e. The lowest BCUT2D eigenvalue weighted by molar-refractivity contribution is -0.121. The van der Waals surface area contributed by atoms with Gasteiger partial charge in [0, 0.05) is 36.0 Å². The first-order valence-electron chi connectivity index (χ1n) is 11.6. The second-order valence-corrected chi connectivity index (χ2v) is 8.59. The molecule has 1 heterocycles. The van der Waals surface area contributed by atoms with Crippen LogP contribution in [-0.4, -0.2) is 28.1 Å². The molecule has 0 saturated heterocycles. The average Bonchev–Trinajstić information content (AvgIpc) is 3.29. The Morgan fingerprint density at radius 2 is 1.49 bits per heavy atom. The van der Waals surface area contributed by atoms with Crippen LogP contribution in [0.25, 0.3) is 16.9 Å². The SMILES string of the molecule is O=C(CCCC(=O)Nc1cc(-c2ccccc2)nn1-c1ccc(Cl)cc1)NCCc1ccccc1. The number of hydrogen-bond acceptors (Lipinski definition) is 3. The Morgan fingerprint density at radius 1 is 0.829 bits per heavy atom. The number of nitrogens with one attached hydrogen (secondary N) is 2. The van der Waals surface area contributed by atoms with Gasteiger partial charge in [0.2, 0.25) is 11.8 Å². The van der Waals surface area contributed by atoms with Crippen LogP contribution in [0.4, 0.5) is 5.82 Å². The number of anilines is 1. The van der Waals surface area contributed by atoms with Crippen LogP contribution in [-0.2, 0) is 16.0 Å². The first-order chi connectivity index (χ1) is 17.1. The van der Waals surface area contributed by atoms with Gasteiger partial charge in [0.05, 0.1) is 11.4 Å². The molecule has 2 N–H and O–H groups in total. The maximum absolute atomic E-state index is 12.7. The molecule has 3 aromatic carbocycles. The van der Waals surface area contributed by atoms with Gasteiger partial charge in [-0.3, -0.25) is 9.59 Å². The summed E-state index contributed by atoms with van der Waals surface area (Å²) in [6, 6.07) is 28.9. The summed E-state index contributed by atoms with van der Waals surface area (Å²) in [7, 11) is 0. The molecule has 4 rings (SSSR count). The molecule has 0 aliphatic carbocycles. The Morgan fingerprint density at radius 3 is 2.20 bits per heavy atom. The van der Waals surface area contributed by atoms with Gasteiger partial charge in [0.1, 0.15) is 5.82 Å². The zero-order valence-corrected chi connectivity index (χ0v) is 20.0. The molecule has 0 aliphatic rings. The summed E-state index contributed by atoms with van der Waals surface area (Å²) in [5.41, 5.74) is 3.65. The second-order valence-electron chi connectivity index (χ2n) is 8.16. The highest BCUT2D eigenvalue weighted by molar-refractivity contribution is 6.30. The fraction of sp³-hybridized carbons (Fsp3) is 0.179. The van der Waals surface area contributed by atoms with Gasteiger partial charge in [-0.05, 0) is 42.7 Å². The Hall–Kier alpha value is -3.90. The van der Waals surface area contributed by atoms with Gasteiger partial charge in [-0.15, -0.1) is 0 Å². The highest BCUT2D eigenvalue weighted by Crippen LogP contribution is 2.25. The molecule has 0 aliphatic heterocycles. The number of nitrogens with zero attached hydrogens (tertiary/aromatic N) is 2. The Kier molecular flexibility index (Phi) is 8.30. The summed E-state index contributed by atoms with van der Waals surface area (Å²) in [5, 5.41) is 11.2. The molecule has 6 nitrogen and oxygen atoms in total. The van der Waals surface area contributed by atoms with E-state index in [1.807, 2.05) is 78.9 Å². The number of carbonyl (C=O) groups is 2. The second kappa shape index (κ2) is 12.0. The summed E-state index contributed by atoms with van der Waals surface area (Å²) < 4.78 is 1.69. The van der Waals surface area contributed by atoms with E-state index in [1.54, 1.807) is 16.8 Å². The molecule has 7 heteroatoms. The number of hydrogen-bond donors (Lipinski definition) is 2. The summed E-state index contributed by atoms with van der Waals surface area (Å²) in [6.07, 6.45) is 1.78. The van der Waals surface area contributed by atoms with Crippen molar-refractivity contribution in [2.45, 2.75) is 25.7 Å². The molecule has 0 radical (unpaired) electrons. The molecule has 0 bridgehead atoms. The fourth-order valence-electron chi connectivity index (χ4n) is 3.69. The third kappa shape index (κ3) is 7.04. The quantitative estimate of drug-likeness (QED) is 0.303. The number of halogens is 1. The lowest BCUT2D eigenvalue weighted by atomic mass is 10.1. The minimum atomic E-state index is -0.170. The van der Waals surface area contributed by atoms with Crippen LogP contribution in [0.15, 0.2) is 91.0 Å². The van der Waals surface area contributed by atoms with Crippen LogP contribution in [0.3, 0.4) is 0 Å². The molecule has 2 amide bonds. The highest BCUT2D eigenvalue weighted by atomic mass is 35.5. The molecule has 0 spiro atoms. The monoisotopic (exact) mass is 486 g/mol. The third-order valence-corrected chi connectivity index (χ3v) is 5.76. The van der Waals surface area contributed by atoms with Crippen molar-refractivity contribution in [2.75, 3.05) is 11.9 Å².